The number of nitrogens with zero attached hydrogens (tertiary/aromatic N) is 6. The molecule has 8 heteroatoms. The Balaban J connectivity index is 1.01. The van der Waals surface area contributed by atoms with Crippen molar-refractivity contribution in [2.75, 3.05) is 0 Å². The summed E-state index contributed by atoms with van der Waals surface area (Å²) in [5, 5.41) is 9.73. The molecule has 354 valence electrons. The van der Waals surface area contributed by atoms with Crippen LogP contribution in [0.3, 0.4) is 0 Å². The summed E-state index contributed by atoms with van der Waals surface area (Å²) < 4.78 is 9.67. The molecule has 76 heavy (non-hydrogen) atoms. The Morgan fingerprint density at radius 2 is 0.724 bits per heavy atom. The zero-order valence-corrected chi connectivity index (χ0v) is 42.2. The van der Waals surface area contributed by atoms with Crippen molar-refractivity contribution in [3.8, 4) is 67.9 Å². The molecule has 16 aromatic rings. The molecular formula is C68H40N6S2. The highest BCUT2D eigenvalue weighted by atomic mass is 32.1. The van der Waals surface area contributed by atoms with Crippen LogP contribution in [0.2, 0.25) is 0 Å². The third-order valence-electron chi connectivity index (χ3n) is 15.0. The summed E-state index contributed by atoms with van der Waals surface area (Å²) in [6.45, 7) is 0. The number of benzene rings is 10. The molecule has 0 saturated carbocycles. The van der Waals surface area contributed by atoms with Gasteiger partial charge < -0.3 is 9.13 Å². The van der Waals surface area contributed by atoms with Crippen molar-refractivity contribution in [3.63, 3.8) is 0 Å². The van der Waals surface area contributed by atoms with Crippen molar-refractivity contribution >= 4 is 107 Å². The quantitative estimate of drug-likeness (QED) is 0.160. The number of hydrogen-bond acceptors (Lipinski definition) is 6. The van der Waals surface area contributed by atoms with E-state index in [9.17, 15) is 0 Å². The van der Waals surface area contributed by atoms with Crippen LogP contribution >= 0.6 is 22.7 Å². The average Bonchev–Trinajstić information content (AvgIpc) is 4.38. The van der Waals surface area contributed by atoms with Crippen LogP contribution in [0.5, 0.6) is 0 Å². The number of para-hydroxylation sites is 4. The van der Waals surface area contributed by atoms with Gasteiger partial charge in [0.05, 0.1) is 27.8 Å². The number of fused-ring (bicyclic) bond motifs is 14. The van der Waals surface area contributed by atoms with E-state index >= 15 is 0 Å². The van der Waals surface area contributed by atoms with Crippen LogP contribution in [0.1, 0.15) is 0 Å². The maximum absolute atomic E-state index is 5.66. The first kappa shape index (κ1) is 42.9. The molecule has 0 saturated heterocycles. The van der Waals surface area contributed by atoms with Gasteiger partial charge in [0.25, 0.3) is 0 Å². The van der Waals surface area contributed by atoms with Gasteiger partial charge in [0, 0.05) is 107 Å². The summed E-state index contributed by atoms with van der Waals surface area (Å²) in [5.74, 6) is 1.74. The third-order valence-corrected chi connectivity index (χ3v) is 17.3. The molecule has 6 aromatic heterocycles. The van der Waals surface area contributed by atoms with Gasteiger partial charge in [0.15, 0.2) is 17.5 Å². The summed E-state index contributed by atoms with van der Waals surface area (Å²) in [7, 11) is 0. The van der Waals surface area contributed by atoms with Gasteiger partial charge >= 0.3 is 0 Å². The first-order valence-electron chi connectivity index (χ1n) is 25.5. The Morgan fingerprint density at radius 1 is 0.289 bits per heavy atom. The fraction of sp³-hybridized carbons (Fsp3) is 0. The maximum Gasteiger partial charge on any atom is 0.166 e. The molecule has 0 aliphatic carbocycles. The molecule has 6 heterocycles. The predicted octanol–water partition coefficient (Wildman–Crippen LogP) is 18.5. The third kappa shape index (κ3) is 6.51. The lowest BCUT2D eigenvalue weighted by atomic mass is 9.94. The van der Waals surface area contributed by atoms with E-state index in [1.165, 1.54) is 73.1 Å². The molecule has 10 aromatic carbocycles. The van der Waals surface area contributed by atoms with E-state index in [2.05, 4.69) is 216 Å². The van der Waals surface area contributed by atoms with Gasteiger partial charge in [0.2, 0.25) is 0 Å². The fourth-order valence-corrected chi connectivity index (χ4v) is 14.1. The van der Waals surface area contributed by atoms with Crippen LogP contribution in [-0.4, -0.2) is 29.1 Å². The minimum Gasteiger partial charge on any atom is -0.309 e. The number of hydrogen-bond donors (Lipinski definition) is 0. The molecule has 16 rings (SSSR count). The topological polar surface area (TPSA) is 61.4 Å². The Kier molecular flexibility index (Phi) is 9.57. The van der Waals surface area contributed by atoms with Crippen molar-refractivity contribution in [1.82, 2.24) is 29.1 Å². The van der Waals surface area contributed by atoms with Crippen molar-refractivity contribution in [2.24, 2.45) is 0 Å². The number of thiophene rings is 2. The van der Waals surface area contributed by atoms with E-state index in [1.54, 1.807) is 0 Å². The molecule has 0 atom stereocenters. The minimum atomic E-state index is 0.551. The Labute approximate surface area is 443 Å². The summed E-state index contributed by atoms with van der Waals surface area (Å²) in [6.07, 6.45) is 2.08. The Bertz CT molecular complexity index is 4920. The first-order chi connectivity index (χ1) is 37.7. The lowest BCUT2D eigenvalue weighted by Crippen LogP contribution is -2.02. The SMILES string of the molecule is c1ccc(-c2nc(-c3ccccc3)nc(-c3cc(-c4cccc5sc6ccc7c(c8ccccc8n7-c7ccccc7)c6c45)cnc3-c3cccc4sc5ccc6c(c7ccccc7n6-c6ccccc6)c5c34)n2)cc1. The van der Waals surface area contributed by atoms with Crippen LogP contribution in [0.15, 0.2) is 243 Å². The van der Waals surface area contributed by atoms with Crippen LogP contribution in [0.25, 0.3) is 152 Å². The Hall–Kier alpha value is -9.60. The standard InChI is InChI=1S/C68H40N6S2/c1-5-19-41(20-6-1)66-70-67(42-21-7-2-8-22-42)72-68(71-66)50-39-43(46-29-17-33-55-61(46)63-57(75-55)37-35-53-59(63)47-27-13-15-31-51(47)73(53)44-23-9-3-10-24-44)40-69-65(50)49-30-18-34-56-62(49)64-58(76-56)38-36-54-60(64)48-28-14-16-32-52(48)74(54)45-25-11-4-12-26-45/h1-40H. The molecule has 0 aliphatic heterocycles. The van der Waals surface area contributed by atoms with Gasteiger partial charge in [-0.1, -0.05) is 158 Å². The van der Waals surface area contributed by atoms with Gasteiger partial charge in [-0.25, -0.2) is 15.0 Å². The van der Waals surface area contributed by atoms with Crippen molar-refractivity contribution < 1.29 is 0 Å². The van der Waals surface area contributed by atoms with Crippen LogP contribution in [0, 0.1) is 0 Å². The van der Waals surface area contributed by atoms with Crippen molar-refractivity contribution in [1.29, 1.82) is 0 Å². The molecule has 0 spiro atoms. The second-order valence-electron chi connectivity index (χ2n) is 19.3. The molecule has 0 bridgehead atoms. The number of aromatic nitrogens is 6. The molecule has 0 N–H and O–H groups in total. The second kappa shape index (κ2) is 17.0. The van der Waals surface area contributed by atoms with E-state index in [-0.39, 0.29) is 0 Å². The number of rotatable bonds is 7. The molecule has 0 aliphatic rings. The van der Waals surface area contributed by atoms with E-state index < -0.39 is 0 Å². The molecular weight excluding hydrogens is 965 g/mol. The summed E-state index contributed by atoms with van der Waals surface area (Å²) >= 11 is 3.67. The largest absolute Gasteiger partial charge is 0.309 e. The van der Waals surface area contributed by atoms with E-state index in [0.29, 0.717) is 17.5 Å². The molecule has 6 nitrogen and oxygen atoms in total. The lowest BCUT2D eigenvalue weighted by Gasteiger charge is -2.15. The Morgan fingerprint density at radius 3 is 1.25 bits per heavy atom. The maximum atomic E-state index is 5.66. The minimum absolute atomic E-state index is 0.551. The van der Waals surface area contributed by atoms with E-state index in [0.717, 1.165) is 61.4 Å². The highest BCUT2D eigenvalue weighted by molar-refractivity contribution is 7.26. The molecule has 0 amide bonds. The van der Waals surface area contributed by atoms with E-state index in [4.69, 9.17) is 19.9 Å². The molecule has 0 radical (unpaired) electrons. The van der Waals surface area contributed by atoms with Gasteiger partial charge in [-0.05, 0) is 84.4 Å². The lowest BCUT2D eigenvalue weighted by molar-refractivity contribution is 1.07. The molecule has 0 fully saturated rings. The molecule has 0 unspecified atom stereocenters. The van der Waals surface area contributed by atoms with Crippen LogP contribution in [0.4, 0.5) is 0 Å². The van der Waals surface area contributed by atoms with Gasteiger partial charge in [-0.3, -0.25) is 4.98 Å². The summed E-state index contributed by atoms with van der Waals surface area (Å²) in [4.78, 5) is 21.7. The van der Waals surface area contributed by atoms with Gasteiger partial charge in [0.1, 0.15) is 0 Å². The van der Waals surface area contributed by atoms with Crippen molar-refractivity contribution in [3.05, 3.63) is 243 Å². The van der Waals surface area contributed by atoms with E-state index in [1.807, 2.05) is 59.1 Å². The highest BCUT2D eigenvalue weighted by Gasteiger charge is 2.25. The number of pyridine rings is 1. The first-order valence-corrected chi connectivity index (χ1v) is 27.1. The van der Waals surface area contributed by atoms with Gasteiger partial charge in [-0.15, -0.1) is 22.7 Å². The normalized spacial score (nSPS) is 11.9. The predicted molar refractivity (Wildman–Crippen MR) is 319 cm³/mol. The monoisotopic (exact) mass is 1000 g/mol. The van der Waals surface area contributed by atoms with Crippen molar-refractivity contribution in [2.45, 2.75) is 0 Å². The second-order valence-corrected chi connectivity index (χ2v) is 21.4. The average molecular weight is 1010 g/mol. The van der Waals surface area contributed by atoms with Crippen LogP contribution in [-0.2, 0) is 0 Å². The fourth-order valence-electron chi connectivity index (χ4n) is 11.8. The zero-order valence-electron chi connectivity index (χ0n) is 40.6. The smallest absolute Gasteiger partial charge is 0.166 e. The van der Waals surface area contributed by atoms with Crippen LogP contribution < -0.4 is 0 Å². The van der Waals surface area contributed by atoms with Gasteiger partial charge in [-0.2, -0.15) is 0 Å². The summed E-state index contributed by atoms with van der Waals surface area (Å²) in [5.41, 5.74) is 13.5. The zero-order chi connectivity index (χ0) is 49.8. The highest BCUT2D eigenvalue weighted by Crippen LogP contribution is 2.50. The summed E-state index contributed by atoms with van der Waals surface area (Å²) in [6, 6.07) is 84.3.